The molecule has 2 heterocycles. The Kier molecular flexibility index (Phi) is 5.17. The van der Waals surface area contributed by atoms with Crippen molar-refractivity contribution in [3.05, 3.63) is 11.4 Å². The Morgan fingerprint density at radius 1 is 1.25 bits per heavy atom. The van der Waals surface area contributed by atoms with Gasteiger partial charge in [0.2, 0.25) is 0 Å². The molecular formula is C15H26N4O. The van der Waals surface area contributed by atoms with Crippen LogP contribution in [0.2, 0.25) is 0 Å². The molecule has 0 radical (unpaired) electrons. The van der Waals surface area contributed by atoms with Gasteiger partial charge in [0.15, 0.2) is 0 Å². The fraction of sp³-hybridized carbons (Fsp3) is 0.733. The van der Waals surface area contributed by atoms with Crippen molar-refractivity contribution in [2.45, 2.75) is 46.1 Å². The van der Waals surface area contributed by atoms with Crippen molar-refractivity contribution < 1.29 is 4.74 Å². The summed E-state index contributed by atoms with van der Waals surface area (Å²) in [5, 5.41) is 3.18. The van der Waals surface area contributed by atoms with E-state index in [-0.39, 0.29) is 0 Å². The zero-order chi connectivity index (χ0) is 14.5. The van der Waals surface area contributed by atoms with Crippen LogP contribution in [0.3, 0.4) is 0 Å². The predicted octanol–water partition coefficient (Wildman–Crippen LogP) is 2.39. The van der Waals surface area contributed by atoms with Crippen molar-refractivity contribution in [2.24, 2.45) is 0 Å². The van der Waals surface area contributed by atoms with Crippen LogP contribution in [0.15, 0.2) is 0 Å². The third-order valence-electron chi connectivity index (χ3n) is 3.86. The molecule has 2 rings (SSSR count). The van der Waals surface area contributed by atoms with Crippen LogP contribution in [-0.2, 0) is 11.2 Å². The van der Waals surface area contributed by atoms with Crippen LogP contribution in [0.25, 0.3) is 0 Å². The third-order valence-corrected chi connectivity index (χ3v) is 3.86. The topological polar surface area (TPSA) is 50.3 Å². The van der Waals surface area contributed by atoms with E-state index >= 15 is 0 Å². The second-order valence-corrected chi connectivity index (χ2v) is 5.18. The Hall–Kier alpha value is -1.36. The normalized spacial score (nSPS) is 16.5. The number of rotatable bonds is 5. The highest BCUT2D eigenvalue weighted by atomic mass is 16.5. The first kappa shape index (κ1) is 15.0. The van der Waals surface area contributed by atoms with E-state index in [4.69, 9.17) is 9.72 Å². The molecule has 1 aromatic heterocycles. The molecule has 5 heteroatoms. The molecule has 0 spiro atoms. The van der Waals surface area contributed by atoms with E-state index in [2.05, 4.69) is 36.0 Å². The molecule has 1 aliphatic rings. The van der Waals surface area contributed by atoms with Crippen LogP contribution in [0.1, 0.15) is 38.1 Å². The maximum Gasteiger partial charge on any atom is 0.137 e. The van der Waals surface area contributed by atoms with Gasteiger partial charge in [-0.25, -0.2) is 9.97 Å². The summed E-state index contributed by atoms with van der Waals surface area (Å²) in [6.07, 6.45) is 3.42. The van der Waals surface area contributed by atoms with Gasteiger partial charge in [-0.3, -0.25) is 0 Å². The van der Waals surface area contributed by atoms with E-state index < -0.39 is 0 Å². The number of nitrogens with zero attached hydrogens (tertiary/aromatic N) is 3. The quantitative estimate of drug-likeness (QED) is 0.896. The Bertz CT molecular complexity index is 442. The highest BCUT2D eigenvalue weighted by Gasteiger charge is 2.23. The molecule has 5 nitrogen and oxygen atoms in total. The van der Waals surface area contributed by atoms with Crippen molar-refractivity contribution in [1.29, 1.82) is 0 Å². The van der Waals surface area contributed by atoms with E-state index in [0.29, 0.717) is 6.10 Å². The molecular weight excluding hydrogens is 252 g/mol. The molecule has 0 bridgehead atoms. The molecule has 0 unspecified atom stereocenters. The number of hydrogen-bond donors (Lipinski definition) is 1. The summed E-state index contributed by atoms with van der Waals surface area (Å²) in [6.45, 7) is 9.07. The minimum absolute atomic E-state index is 0.410. The number of anilines is 2. The van der Waals surface area contributed by atoms with Gasteiger partial charge in [-0.05, 0) is 26.7 Å². The molecule has 1 aliphatic heterocycles. The molecule has 20 heavy (non-hydrogen) atoms. The largest absolute Gasteiger partial charge is 0.378 e. The lowest BCUT2D eigenvalue weighted by Gasteiger charge is -2.33. The SMILES string of the molecule is CCOC1CCN(c2nc(CC)nc(NC)c2C)CC1. The maximum absolute atomic E-state index is 5.72. The van der Waals surface area contributed by atoms with Gasteiger partial charge in [-0.15, -0.1) is 0 Å². The predicted molar refractivity (Wildman–Crippen MR) is 82.6 cm³/mol. The molecule has 112 valence electrons. The Morgan fingerprint density at radius 3 is 2.50 bits per heavy atom. The van der Waals surface area contributed by atoms with Gasteiger partial charge in [-0.1, -0.05) is 6.92 Å². The first-order valence-corrected chi connectivity index (χ1v) is 7.61. The maximum atomic E-state index is 5.72. The summed E-state index contributed by atoms with van der Waals surface area (Å²) in [7, 11) is 1.92. The van der Waals surface area contributed by atoms with Crippen LogP contribution in [0.5, 0.6) is 0 Å². The summed E-state index contributed by atoms with van der Waals surface area (Å²) in [4.78, 5) is 11.6. The van der Waals surface area contributed by atoms with E-state index in [9.17, 15) is 0 Å². The molecule has 0 aromatic carbocycles. The molecule has 1 fully saturated rings. The lowest BCUT2D eigenvalue weighted by Crippen LogP contribution is -2.38. The summed E-state index contributed by atoms with van der Waals surface area (Å²) in [5.41, 5.74) is 1.14. The lowest BCUT2D eigenvalue weighted by atomic mass is 10.1. The van der Waals surface area contributed by atoms with Crippen LogP contribution < -0.4 is 10.2 Å². The second kappa shape index (κ2) is 6.88. The number of piperidine rings is 1. The highest BCUT2D eigenvalue weighted by molar-refractivity contribution is 5.58. The summed E-state index contributed by atoms with van der Waals surface area (Å²) >= 11 is 0. The van der Waals surface area contributed by atoms with Crippen LogP contribution >= 0.6 is 0 Å². The average Bonchev–Trinajstić information content (AvgIpc) is 2.49. The third kappa shape index (κ3) is 3.20. The first-order valence-electron chi connectivity index (χ1n) is 7.61. The Labute approximate surface area is 121 Å². The van der Waals surface area contributed by atoms with Crippen molar-refractivity contribution in [3.8, 4) is 0 Å². The monoisotopic (exact) mass is 278 g/mol. The van der Waals surface area contributed by atoms with Gasteiger partial charge in [0.05, 0.1) is 6.10 Å². The molecule has 0 atom stereocenters. The molecule has 0 saturated carbocycles. The fourth-order valence-electron chi connectivity index (χ4n) is 2.73. The second-order valence-electron chi connectivity index (χ2n) is 5.18. The number of ether oxygens (including phenoxy) is 1. The van der Waals surface area contributed by atoms with Crippen LogP contribution in [-0.4, -0.2) is 42.8 Å². The summed E-state index contributed by atoms with van der Waals surface area (Å²) in [6, 6.07) is 0. The van der Waals surface area contributed by atoms with E-state index in [1.807, 2.05) is 7.05 Å². The molecule has 1 saturated heterocycles. The Morgan fingerprint density at radius 2 is 1.95 bits per heavy atom. The summed E-state index contributed by atoms with van der Waals surface area (Å²) < 4.78 is 5.72. The van der Waals surface area contributed by atoms with Gasteiger partial charge in [0, 0.05) is 38.7 Å². The number of aryl methyl sites for hydroxylation is 1. The molecule has 0 amide bonds. The van der Waals surface area contributed by atoms with E-state index in [0.717, 1.165) is 62.0 Å². The van der Waals surface area contributed by atoms with Crippen molar-refractivity contribution >= 4 is 11.6 Å². The van der Waals surface area contributed by atoms with Crippen LogP contribution in [0, 0.1) is 6.92 Å². The highest BCUT2D eigenvalue weighted by Crippen LogP contribution is 2.26. The zero-order valence-corrected chi connectivity index (χ0v) is 13.1. The van der Waals surface area contributed by atoms with Crippen LogP contribution in [0.4, 0.5) is 11.6 Å². The summed E-state index contributed by atoms with van der Waals surface area (Å²) in [5.74, 6) is 2.93. The fourth-order valence-corrected chi connectivity index (χ4v) is 2.73. The number of nitrogens with one attached hydrogen (secondary N) is 1. The van der Waals surface area contributed by atoms with Gasteiger partial charge in [0.1, 0.15) is 17.5 Å². The van der Waals surface area contributed by atoms with Gasteiger partial charge in [-0.2, -0.15) is 0 Å². The molecule has 1 N–H and O–H groups in total. The van der Waals surface area contributed by atoms with Gasteiger partial charge in [0.25, 0.3) is 0 Å². The van der Waals surface area contributed by atoms with Crippen molar-refractivity contribution in [1.82, 2.24) is 9.97 Å². The minimum Gasteiger partial charge on any atom is -0.378 e. The van der Waals surface area contributed by atoms with Gasteiger partial charge >= 0.3 is 0 Å². The first-order chi connectivity index (χ1) is 9.69. The van der Waals surface area contributed by atoms with E-state index in [1.165, 1.54) is 0 Å². The number of hydrogen-bond acceptors (Lipinski definition) is 5. The molecule has 0 aliphatic carbocycles. The molecule has 1 aromatic rings. The smallest absolute Gasteiger partial charge is 0.137 e. The average molecular weight is 278 g/mol. The Balaban J connectivity index is 2.16. The minimum atomic E-state index is 0.410. The standard InChI is InChI=1S/C15H26N4O/c1-5-13-17-14(16-4)11(3)15(18-13)19-9-7-12(8-10-19)20-6-2/h12H,5-10H2,1-4H3,(H,16,17,18). The van der Waals surface area contributed by atoms with Gasteiger partial charge < -0.3 is 15.0 Å². The lowest BCUT2D eigenvalue weighted by molar-refractivity contribution is 0.0458. The number of aromatic nitrogens is 2. The van der Waals surface area contributed by atoms with Crippen molar-refractivity contribution in [3.63, 3.8) is 0 Å². The zero-order valence-electron chi connectivity index (χ0n) is 13.1. The van der Waals surface area contributed by atoms with E-state index in [1.54, 1.807) is 0 Å². The van der Waals surface area contributed by atoms with Crippen molar-refractivity contribution in [2.75, 3.05) is 37.0 Å².